The monoisotopic (exact) mass is 579 g/mol. The van der Waals surface area contributed by atoms with Crippen LogP contribution in [0.2, 0.25) is 0 Å². The molecule has 0 unspecified atom stereocenters. The second-order valence-electron chi connectivity index (χ2n) is 9.71. The number of ether oxygens (including phenoxy) is 1. The highest BCUT2D eigenvalue weighted by Gasteiger charge is 2.56. The Morgan fingerprint density at radius 2 is 1.48 bits per heavy atom. The number of carbonyl (C=O) groups excluding carboxylic acids is 2. The molecule has 208 valence electrons. The van der Waals surface area contributed by atoms with Crippen molar-refractivity contribution >= 4 is 46.5 Å². The van der Waals surface area contributed by atoms with Crippen molar-refractivity contribution in [2.75, 3.05) is 10.6 Å². The van der Waals surface area contributed by atoms with Gasteiger partial charge in [0, 0.05) is 34.7 Å². The number of pyridine rings is 2. The molecule has 1 fully saturated rings. The number of nitriles is 1. The third-order valence-corrected chi connectivity index (χ3v) is 6.98. The van der Waals surface area contributed by atoms with Crippen LogP contribution in [-0.2, 0) is 9.59 Å². The number of hydrogen-bond donors (Lipinski definition) is 2. The van der Waals surface area contributed by atoms with Crippen molar-refractivity contribution in [2.45, 2.75) is 12.8 Å². The molecule has 42 heavy (non-hydrogen) atoms. The predicted octanol–water partition coefficient (Wildman–Crippen LogP) is 6.88. The van der Waals surface area contributed by atoms with E-state index in [4.69, 9.17) is 10.00 Å². The van der Waals surface area contributed by atoms with E-state index in [1.807, 2.05) is 30.3 Å². The minimum atomic E-state index is -1.15. The highest BCUT2D eigenvalue weighted by Crippen LogP contribution is 2.47. The van der Waals surface area contributed by atoms with Crippen molar-refractivity contribution in [3.05, 3.63) is 109 Å². The summed E-state index contributed by atoms with van der Waals surface area (Å²) < 4.78 is 19.3. The lowest BCUT2D eigenvalue weighted by Gasteiger charge is -2.16. The van der Waals surface area contributed by atoms with Crippen molar-refractivity contribution in [1.82, 2.24) is 9.97 Å². The molecule has 0 radical (unpaired) electrons. The van der Waals surface area contributed by atoms with Crippen LogP contribution in [0.25, 0.3) is 22.0 Å². The summed E-state index contributed by atoms with van der Waals surface area (Å²) in [6.45, 7) is 0. The Bertz CT molecular complexity index is 1820. The summed E-state index contributed by atoms with van der Waals surface area (Å²) in [6, 6.07) is 25.4. The summed E-state index contributed by atoms with van der Waals surface area (Å²) in [5.74, 6) is -0.0290. The van der Waals surface area contributed by atoms with E-state index in [1.165, 1.54) is 24.3 Å². The summed E-state index contributed by atoms with van der Waals surface area (Å²) in [5.41, 5.74) is 2.70. The topological polar surface area (TPSA) is 117 Å². The minimum absolute atomic E-state index is 0. The van der Waals surface area contributed by atoms with Gasteiger partial charge in [-0.3, -0.25) is 14.6 Å². The van der Waals surface area contributed by atoms with E-state index in [0.29, 0.717) is 41.4 Å². The van der Waals surface area contributed by atoms with Gasteiger partial charge in [0.2, 0.25) is 11.8 Å². The fourth-order valence-electron chi connectivity index (χ4n) is 4.47. The van der Waals surface area contributed by atoms with Gasteiger partial charge in [-0.15, -0.1) is 12.4 Å². The first kappa shape index (κ1) is 28.2. The number of fused-ring (bicyclic) bond motifs is 1. The van der Waals surface area contributed by atoms with Gasteiger partial charge >= 0.3 is 0 Å². The molecule has 2 N–H and O–H groups in total. The number of carbonyl (C=O) groups is 2. The number of rotatable bonds is 7. The second-order valence-corrected chi connectivity index (χ2v) is 9.71. The first-order chi connectivity index (χ1) is 19.9. The molecule has 10 heteroatoms. The third-order valence-electron chi connectivity index (χ3n) is 6.98. The summed E-state index contributed by atoms with van der Waals surface area (Å²) in [6.07, 6.45) is 4.19. The van der Waals surface area contributed by atoms with Crippen LogP contribution in [0.15, 0.2) is 97.3 Å². The molecule has 2 amide bonds. The number of nitrogens with zero attached hydrogens (tertiary/aromatic N) is 3. The van der Waals surface area contributed by atoms with E-state index in [1.54, 1.807) is 48.8 Å². The quantitative estimate of drug-likeness (QED) is 0.203. The van der Waals surface area contributed by atoms with Gasteiger partial charge in [0.05, 0.1) is 5.52 Å². The Hall–Kier alpha value is -5.33. The summed E-state index contributed by atoms with van der Waals surface area (Å²) in [4.78, 5) is 34.4. The Labute approximate surface area is 246 Å². The van der Waals surface area contributed by atoms with Crippen LogP contribution in [0, 0.1) is 22.6 Å². The van der Waals surface area contributed by atoms with E-state index >= 15 is 0 Å². The minimum Gasteiger partial charge on any atom is -0.457 e. The maximum absolute atomic E-state index is 13.2. The molecule has 5 aromatic rings. The molecule has 0 bridgehead atoms. The van der Waals surface area contributed by atoms with E-state index in [2.05, 4.69) is 20.6 Å². The van der Waals surface area contributed by atoms with Crippen LogP contribution >= 0.6 is 12.4 Å². The molecule has 2 aromatic heterocycles. The SMILES string of the molecule is Cl.N#Cc1ccc(-c2ccc3c(Oc4ccc(NC(=O)C5(C(=O)Nc6ccc(F)cc6)CC5)cc4)ccnc3c2)cn1. The predicted molar refractivity (Wildman–Crippen MR) is 159 cm³/mol. The zero-order chi connectivity index (χ0) is 28.4. The van der Waals surface area contributed by atoms with Gasteiger partial charge in [-0.05, 0) is 97.3 Å². The fourth-order valence-corrected chi connectivity index (χ4v) is 4.47. The second kappa shape index (κ2) is 11.6. The summed E-state index contributed by atoms with van der Waals surface area (Å²) in [7, 11) is 0. The highest BCUT2D eigenvalue weighted by molar-refractivity contribution is 6.16. The van der Waals surface area contributed by atoms with Crippen LogP contribution in [-0.4, -0.2) is 21.8 Å². The van der Waals surface area contributed by atoms with Gasteiger partial charge in [-0.1, -0.05) is 6.07 Å². The Morgan fingerprint density at radius 3 is 2.07 bits per heavy atom. The van der Waals surface area contributed by atoms with E-state index in [0.717, 1.165) is 22.0 Å². The van der Waals surface area contributed by atoms with Crippen molar-refractivity contribution in [3.8, 4) is 28.7 Å². The largest absolute Gasteiger partial charge is 0.457 e. The Balaban J connectivity index is 0.00000353. The van der Waals surface area contributed by atoms with Gasteiger partial charge in [0.25, 0.3) is 0 Å². The average molecular weight is 580 g/mol. The van der Waals surface area contributed by atoms with Crippen molar-refractivity contribution < 1.29 is 18.7 Å². The lowest BCUT2D eigenvalue weighted by molar-refractivity contribution is -0.131. The maximum atomic E-state index is 13.2. The zero-order valence-electron chi connectivity index (χ0n) is 22.0. The van der Waals surface area contributed by atoms with Gasteiger partial charge in [0.15, 0.2) is 0 Å². The number of benzene rings is 3. The molecule has 6 rings (SSSR count). The highest BCUT2D eigenvalue weighted by atomic mass is 35.5. The molecule has 1 aliphatic carbocycles. The summed E-state index contributed by atoms with van der Waals surface area (Å²) >= 11 is 0. The molecule has 0 aliphatic heterocycles. The van der Waals surface area contributed by atoms with Gasteiger partial charge in [-0.2, -0.15) is 5.26 Å². The standard InChI is InChI=1S/C32H22FN5O3.ClH/c33-22-3-6-23(7-4-22)37-30(39)32(14-15-32)31(40)38-24-8-10-26(11-9-24)41-29-13-16-35-28-17-20(2-12-27(28)29)21-1-5-25(18-34)36-19-21;/h1-13,16-17,19H,14-15H2,(H,37,39)(H,38,40);1H. The first-order valence-corrected chi connectivity index (χ1v) is 12.9. The maximum Gasteiger partial charge on any atom is 0.240 e. The van der Waals surface area contributed by atoms with E-state index in [9.17, 15) is 14.0 Å². The fraction of sp³-hybridized carbons (Fsp3) is 0.0938. The smallest absolute Gasteiger partial charge is 0.240 e. The van der Waals surface area contributed by atoms with Crippen molar-refractivity contribution in [2.24, 2.45) is 5.41 Å². The molecule has 2 heterocycles. The molecule has 1 saturated carbocycles. The van der Waals surface area contributed by atoms with Crippen molar-refractivity contribution in [1.29, 1.82) is 5.26 Å². The van der Waals surface area contributed by atoms with E-state index < -0.39 is 17.1 Å². The number of halogens is 2. The lowest BCUT2D eigenvalue weighted by Crippen LogP contribution is -2.35. The van der Waals surface area contributed by atoms with Crippen LogP contribution in [0.5, 0.6) is 11.5 Å². The number of aromatic nitrogens is 2. The molecule has 0 spiro atoms. The number of amides is 2. The molecule has 1 aliphatic rings. The van der Waals surface area contributed by atoms with E-state index in [-0.39, 0.29) is 18.3 Å². The molecular formula is C32H23ClFN5O3. The average Bonchev–Trinajstić information content (AvgIpc) is 3.82. The van der Waals surface area contributed by atoms with Crippen LogP contribution in [0.1, 0.15) is 18.5 Å². The molecule has 8 nitrogen and oxygen atoms in total. The molecule has 0 atom stereocenters. The van der Waals surface area contributed by atoms with Gasteiger partial charge in [0.1, 0.15) is 34.5 Å². The van der Waals surface area contributed by atoms with Crippen LogP contribution in [0.3, 0.4) is 0 Å². The first-order valence-electron chi connectivity index (χ1n) is 12.9. The number of anilines is 2. The lowest BCUT2D eigenvalue weighted by atomic mass is 10.0. The zero-order valence-corrected chi connectivity index (χ0v) is 22.8. The molecule has 3 aromatic carbocycles. The molecule has 0 saturated heterocycles. The van der Waals surface area contributed by atoms with Crippen LogP contribution in [0.4, 0.5) is 15.8 Å². The van der Waals surface area contributed by atoms with Gasteiger partial charge in [-0.25, -0.2) is 9.37 Å². The van der Waals surface area contributed by atoms with Crippen molar-refractivity contribution in [3.63, 3.8) is 0 Å². The third kappa shape index (κ3) is 5.75. The normalized spacial score (nSPS) is 12.9. The van der Waals surface area contributed by atoms with Gasteiger partial charge < -0.3 is 15.4 Å². The Kier molecular flexibility index (Phi) is 7.82. The molecular weight excluding hydrogens is 557 g/mol. The van der Waals surface area contributed by atoms with Crippen LogP contribution < -0.4 is 15.4 Å². The summed E-state index contributed by atoms with van der Waals surface area (Å²) in [5, 5.41) is 15.3. The Morgan fingerprint density at radius 1 is 0.833 bits per heavy atom. The number of nitrogens with one attached hydrogen (secondary N) is 2. The number of hydrogen-bond acceptors (Lipinski definition) is 6.